The van der Waals surface area contributed by atoms with E-state index in [1.54, 1.807) is 0 Å². The van der Waals surface area contributed by atoms with Gasteiger partial charge in [-0.1, -0.05) is 0 Å². The second kappa shape index (κ2) is 7.53. The molecule has 7 heteroatoms. The molecule has 1 N–H and O–H groups in total. The van der Waals surface area contributed by atoms with Crippen LogP contribution in [0, 0.1) is 5.92 Å². The lowest BCUT2D eigenvalue weighted by atomic mass is 10.1. The van der Waals surface area contributed by atoms with Gasteiger partial charge in [0.2, 0.25) is 0 Å². The summed E-state index contributed by atoms with van der Waals surface area (Å²) in [6, 6.07) is 0.168. The van der Waals surface area contributed by atoms with Gasteiger partial charge in [0.25, 0.3) is 0 Å². The number of carbonyl (C=O) groups excluding carboxylic acids is 1. The molecule has 0 bridgehead atoms. The summed E-state index contributed by atoms with van der Waals surface area (Å²) in [5.74, 6) is 1.41. The van der Waals surface area contributed by atoms with Gasteiger partial charge in [0.15, 0.2) is 0 Å². The molecule has 2 aliphatic rings. The highest BCUT2D eigenvalue weighted by Crippen LogP contribution is 2.17. The van der Waals surface area contributed by atoms with Crippen molar-refractivity contribution >= 4 is 6.03 Å². The summed E-state index contributed by atoms with van der Waals surface area (Å²) in [7, 11) is 2.18. The normalized spacial score (nSPS) is 23.2. The van der Waals surface area contributed by atoms with Gasteiger partial charge in [-0.2, -0.15) is 0 Å². The fourth-order valence-electron chi connectivity index (χ4n) is 3.54. The Morgan fingerprint density at radius 2 is 2.04 bits per heavy atom. The SMILES string of the molecule is CC(C)NC(=O)N1Cc2nccn2CC(CN2CCN(C)CC2)C1. The molecule has 0 aliphatic carbocycles. The monoisotopic (exact) mass is 334 g/mol. The Kier molecular flexibility index (Phi) is 5.40. The fourth-order valence-corrected chi connectivity index (χ4v) is 3.54. The molecule has 134 valence electrons. The van der Waals surface area contributed by atoms with E-state index in [9.17, 15) is 4.79 Å². The fraction of sp³-hybridized carbons (Fsp3) is 0.765. The number of hydrogen-bond acceptors (Lipinski definition) is 4. The zero-order valence-corrected chi connectivity index (χ0v) is 15.1. The van der Waals surface area contributed by atoms with Crippen molar-refractivity contribution in [3.63, 3.8) is 0 Å². The third kappa shape index (κ3) is 4.27. The third-order valence-electron chi connectivity index (χ3n) is 4.88. The molecule has 1 unspecified atom stereocenters. The minimum atomic E-state index is 0.0184. The predicted molar refractivity (Wildman–Crippen MR) is 93.7 cm³/mol. The number of amides is 2. The second-order valence-electron chi connectivity index (χ2n) is 7.45. The summed E-state index contributed by atoms with van der Waals surface area (Å²) in [6.45, 7) is 11.8. The first-order chi connectivity index (χ1) is 11.5. The predicted octanol–water partition coefficient (Wildman–Crippen LogP) is 0.680. The first kappa shape index (κ1) is 17.2. The minimum absolute atomic E-state index is 0.0184. The summed E-state index contributed by atoms with van der Waals surface area (Å²) in [6.07, 6.45) is 3.88. The average Bonchev–Trinajstić information content (AvgIpc) is 2.87. The maximum atomic E-state index is 12.5. The molecule has 0 aromatic carbocycles. The number of aromatic nitrogens is 2. The van der Waals surface area contributed by atoms with Gasteiger partial charge in [-0.25, -0.2) is 9.78 Å². The van der Waals surface area contributed by atoms with Gasteiger partial charge in [0.1, 0.15) is 5.82 Å². The van der Waals surface area contributed by atoms with E-state index in [-0.39, 0.29) is 12.1 Å². The number of carbonyl (C=O) groups is 1. The lowest BCUT2D eigenvalue weighted by Gasteiger charge is -2.35. The second-order valence-corrected chi connectivity index (χ2v) is 7.45. The molecule has 1 aromatic rings. The van der Waals surface area contributed by atoms with Gasteiger partial charge in [-0.05, 0) is 20.9 Å². The molecule has 1 saturated heterocycles. The highest BCUT2D eigenvalue weighted by Gasteiger charge is 2.27. The molecule has 1 fully saturated rings. The van der Waals surface area contributed by atoms with E-state index in [2.05, 4.69) is 31.7 Å². The summed E-state index contributed by atoms with van der Waals surface area (Å²) in [5.41, 5.74) is 0. The van der Waals surface area contributed by atoms with E-state index in [4.69, 9.17) is 0 Å². The molecular weight excluding hydrogens is 304 g/mol. The number of urea groups is 1. The van der Waals surface area contributed by atoms with Gasteiger partial charge >= 0.3 is 6.03 Å². The van der Waals surface area contributed by atoms with Crippen molar-refractivity contribution in [2.45, 2.75) is 33.0 Å². The van der Waals surface area contributed by atoms with E-state index < -0.39 is 0 Å². The molecule has 0 spiro atoms. The van der Waals surface area contributed by atoms with Crippen LogP contribution >= 0.6 is 0 Å². The van der Waals surface area contributed by atoms with Crippen LogP contribution in [0.2, 0.25) is 0 Å². The van der Waals surface area contributed by atoms with E-state index in [0.29, 0.717) is 12.5 Å². The van der Waals surface area contributed by atoms with Crippen molar-refractivity contribution in [3.05, 3.63) is 18.2 Å². The number of nitrogens with zero attached hydrogens (tertiary/aromatic N) is 5. The number of rotatable bonds is 3. The lowest BCUT2D eigenvalue weighted by molar-refractivity contribution is 0.120. The summed E-state index contributed by atoms with van der Waals surface area (Å²) < 4.78 is 2.21. The van der Waals surface area contributed by atoms with Gasteiger partial charge in [-0.15, -0.1) is 0 Å². The molecule has 0 radical (unpaired) electrons. The van der Waals surface area contributed by atoms with E-state index in [1.807, 2.05) is 31.1 Å². The maximum Gasteiger partial charge on any atom is 0.318 e. The Balaban J connectivity index is 1.68. The Hall–Kier alpha value is -1.60. The molecule has 2 aliphatic heterocycles. The molecular formula is C17H30N6O. The van der Waals surface area contributed by atoms with Crippen LogP contribution in [-0.4, -0.2) is 82.6 Å². The number of likely N-dealkylation sites (N-methyl/N-ethyl adjacent to an activating group) is 1. The standard InChI is InChI=1S/C17H30N6O/c1-14(2)19-17(24)23-12-15(10-21-8-6-20(3)7-9-21)11-22-5-4-18-16(22)13-23/h4-5,14-15H,6-13H2,1-3H3,(H,19,24). The molecule has 3 rings (SSSR count). The minimum Gasteiger partial charge on any atom is -0.336 e. The van der Waals surface area contributed by atoms with Crippen molar-refractivity contribution in [1.29, 1.82) is 0 Å². The number of imidazole rings is 1. The highest BCUT2D eigenvalue weighted by molar-refractivity contribution is 5.74. The summed E-state index contributed by atoms with van der Waals surface area (Å²) in [4.78, 5) is 23.8. The van der Waals surface area contributed by atoms with E-state index in [0.717, 1.165) is 51.6 Å². The van der Waals surface area contributed by atoms with E-state index in [1.165, 1.54) is 0 Å². The quantitative estimate of drug-likeness (QED) is 0.883. The third-order valence-corrected chi connectivity index (χ3v) is 4.88. The van der Waals surface area contributed by atoms with Crippen LogP contribution in [0.3, 0.4) is 0 Å². The Morgan fingerprint density at radius 3 is 2.75 bits per heavy atom. The molecule has 1 aromatic heterocycles. The van der Waals surface area contributed by atoms with Crippen molar-refractivity contribution < 1.29 is 4.79 Å². The average molecular weight is 334 g/mol. The molecule has 7 nitrogen and oxygen atoms in total. The van der Waals surface area contributed by atoms with Crippen LogP contribution in [0.1, 0.15) is 19.7 Å². The molecule has 0 saturated carbocycles. The zero-order valence-electron chi connectivity index (χ0n) is 15.1. The molecule has 2 amide bonds. The number of nitrogens with one attached hydrogen (secondary N) is 1. The topological polar surface area (TPSA) is 56.6 Å². The van der Waals surface area contributed by atoms with Crippen LogP contribution < -0.4 is 5.32 Å². The van der Waals surface area contributed by atoms with Gasteiger partial charge in [0, 0.05) is 70.2 Å². The smallest absolute Gasteiger partial charge is 0.318 e. The van der Waals surface area contributed by atoms with Crippen molar-refractivity contribution in [2.24, 2.45) is 5.92 Å². The van der Waals surface area contributed by atoms with Gasteiger partial charge in [-0.3, -0.25) is 0 Å². The van der Waals surface area contributed by atoms with Crippen LogP contribution in [0.5, 0.6) is 0 Å². The number of hydrogen-bond donors (Lipinski definition) is 1. The Morgan fingerprint density at radius 1 is 1.29 bits per heavy atom. The van der Waals surface area contributed by atoms with E-state index >= 15 is 0 Å². The first-order valence-electron chi connectivity index (χ1n) is 8.97. The largest absolute Gasteiger partial charge is 0.336 e. The Bertz CT molecular complexity index is 549. The van der Waals surface area contributed by atoms with Crippen molar-refractivity contribution in [2.75, 3.05) is 46.3 Å². The van der Waals surface area contributed by atoms with Gasteiger partial charge < -0.3 is 24.6 Å². The number of fused-ring (bicyclic) bond motifs is 1. The van der Waals surface area contributed by atoms with Crippen LogP contribution in [0.4, 0.5) is 4.79 Å². The highest BCUT2D eigenvalue weighted by atomic mass is 16.2. The van der Waals surface area contributed by atoms with Crippen molar-refractivity contribution in [3.8, 4) is 0 Å². The van der Waals surface area contributed by atoms with Gasteiger partial charge in [0.05, 0.1) is 6.54 Å². The van der Waals surface area contributed by atoms with Crippen LogP contribution in [-0.2, 0) is 13.1 Å². The first-order valence-corrected chi connectivity index (χ1v) is 8.97. The maximum absolute atomic E-state index is 12.5. The summed E-state index contributed by atoms with van der Waals surface area (Å²) in [5, 5.41) is 3.02. The Labute approximate surface area is 144 Å². The van der Waals surface area contributed by atoms with Crippen LogP contribution in [0.25, 0.3) is 0 Å². The molecule has 1 atom stereocenters. The lowest BCUT2D eigenvalue weighted by Crippen LogP contribution is -2.49. The van der Waals surface area contributed by atoms with Crippen molar-refractivity contribution in [1.82, 2.24) is 29.6 Å². The number of piperazine rings is 1. The molecule has 3 heterocycles. The molecule has 24 heavy (non-hydrogen) atoms. The van der Waals surface area contributed by atoms with Crippen LogP contribution in [0.15, 0.2) is 12.4 Å². The zero-order chi connectivity index (χ0) is 17.1. The summed E-state index contributed by atoms with van der Waals surface area (Å²) >= 11 is 0.